The van der Waals surface area contributed by atoms with Gasteiger partial charge in [0.25, 0.3) is 0 Å². The first-order valence-electron chi connectivity index (χ1n) is 4.62. The zero-order valence-corrected chi connectivity index (χ0v) is 9.81. The smallest absolute Gasteiger partial charge is 0.139 e. The predicted molar refractivity (Wildman–Crippen MR) is 61.9 cm³/mol. The summed E-state index contributed by atoms with van der Waals surface area (Å²) in [7, 11) is 3.33. The van der Waals surface area contributed by atoms with Gasteiger partial charge in [-0.1, -0.05) is 11.6 Å². The van der Waals surface area contributed by atoms with Crippen LogP contribution in [-0.4, -0.2) is 19.9 Å². The molecule has 82 valence electrons. The van der Waals surface area contributed by atoms with E-state index in [1.807, 2.05) is 6.07 Å². The van der Waals surface area contributed by atoms with Gasteiger partial charge in [-0.25, -0.2) is 0 Å². The topological polar surface area (TPSA) is 38.3 Å². The van der Waals surface area contributed by atoms with E-state index in [0.29, 0.717) is 17.2 Å². The van der Waals surface area contributed by atoms with E-state index in [1.54, 1.807) is 27.1 Å². The van der Waals surface area contributed by atoms with Gasteiger partial charge in [0.15, 0.2) is 0 Å². The first kappa shape index (κ1) is 11.9. The Bertz CT molecular complexity index is 352. The molecule has 1 aromatic rings. The van der Waals surface area contributed by atoms with E-state index in [1.165, 1.54) is 0 Å². The van der Waals surface area contributed by atoms with Crippen LogP contribution in [-0.2, 0) is 11.2 Å². The molecule has 0 heterocycles. The number of rotatable bonds is 4. The average molecular weight is 228 g/mol. The van der Waals surface area contributed by atoms with Crippen molar-refractivity contribution in [3.05, 3.63) is 22.7 Å². The number of benzene rings is 1. The third-order valence-corrected chi connectivity index (χ3v) is 2.43. The van der Waals surface area contributed by atoms with Crippen molar-refractivity contribution in [2.24, 2.45) is 0 Å². The predicted octanol–water partition coefficient (Wildman–Crippen LogP) is 2.52. The molecule has 0 unspecified atom stereocenters. The molecular weight excluding hydrogens is 214 g/mol. The maximum atomic E-state index is 11.0. The van der Waals surface area contributed by atoms with Gasteiger partial charge in [-0.05, 0) is 24.6 Å². The third-order valence-electron chi connectivity index (χ3n) is 2.04. The van der Waals surface area contributed by atoms with Gasteiger partial charge in [-0.2, -0.15) is 0 Å². The van der Waals surface area contributed by atoms with Gasteiger partial charge in [-0.3, -0.25) is 4.79 Å². The number of Topliss-reactive ketones (excluding diaryl/α,β-unsaturated/α-hetero) is 1. The minimum absolute atomic E-state index is 0.112. The molecule has 0 amide bonds. The fourth-order valence-electron chi connectivity index (χ4n) is 1.37. The van der Waals surface area contributed by atoms with Crippen molar-refractivity contribution >= 4 is 23.1 Å². The van der Waals surface area contributed by atoms with Crippen molar-refractivity contribution < 1.29 is 9.53 Å². The van der Waals surface area contributed by atoms with Crippen LogP contribution in [0, 0.1) is 0 Å². The number of anilines is 1. The summed E-state index contributed by atoms with van der Waals surface area (Å²) in [6.07, 6.45) is 0.391. The lowest BCUT2D eigenvalue weighted by molar-refractivity contribution is -0.116. The molecule has 4 heteroatoms. The van der Waals surface area contributed by atoms with Crippen LogP contribution in [0.25, 0.3) is 0 Å². The summed E-state index contributed by atoms with van der Waals surface area (Å²) in [5.74, 6) is 0.696. The van der Waals surface area contributed by atoms with Crippen LogP contribution in [0.2, 0.25) is 5.02 Å². The van der Waals surface area contributed by atoms with Crippen molar-refractivity contribution in [1.82, 2.24) is 0 Å². The Morgan fingerprint density at radius 1 is 1.53 bits per heavy atom. The van der Waals surface area contributed by atoms with Gasteiger partial charge in [0, 0.05) is 13.5 Å². The zero-order valence-electron chi connectivity index (χ0n) is 9.06. The second-order valence-corrected chi connectivity index (χ2v) is 3.67. The summed E-state index contributed by atoms with van der Waals surface area (Å²) in [4.78, 5) is 11.0. The molecule has 1 aromatic carbocycles. The Morgan fingerprint density at radius 2 is 2.20 bits per heavy atom. The highest BCUT2D eigenvalue weighted by Gasteiger charge is 2.09. The Balaban J connectivity index is 3.14. The molecule has 15 heavy (non-hydrogen) atoms. The van der Waals surface area contributed by atoms with Gasteiger partial charge in [0.2, 0.25) is 0 Å². The number of ketones is 1. The van der Waals surface area contributed by atoms with E-state index in [9.17, 15) is 4.79 Å². The molecule has 0 aromatic heterocycles. The molecule has 0 bridgehead atoms. The van der Waals surface area contributed by atoms with Crippen LogP contribution in [0.15, 0.2) is 12.1 Å². The summed E-state index contributed by atoms with van der Waals surface area (Å²) in [5, 5.41) is 3.49. The first-order valence-corrected chi connectivity index (χ1v) is 5.00. The monoisotopic (exact) mass is 227 g/mol. The summed E-state index contributed by atoms with van der Waals surface area (Å²) in [6, 6.07) is 3.64. The molecule has 0 radical (unpaired) electrons. The second kappa shape index (κ2) is 5.03. The highest BCUT2D eigenvalue weighted by Crippen LogP contribution is 2.33. The molecule has 0 spiro atoms. The molecule has 0 fully saturated rings. The molecular formula is C11H14ClNO2. The Morgan fingerprint density at radius 3 is 2.67 bits per heavy atom. The van der Waals surface area contributed by atoms with E-state index in [0.717, 1.165) is 11.3 Å². The lowest BCUT2D eigenvalue weighted by atomic mass is 10.1. The number of ether oxygens (including phenoxy) is 1. The Kier molecular flexibility index (Phi) is 3.97. The van der Waals surface area contributed by atoms with Gasteiger partial charge >= 0.3 is 0 Å². The van der Waals surface area contributed by atoms with E-state index >= 15 is 0 Å². The van der Waals surface area contributed by atoms with Crippen LogP contribution in [0.4, 0.5) is 5.69 Å². The maximum Gasteiger partial charge on any atom is 0.139 e. The quantitative estimate of drug-likeness (QED) is 0.859. The van der Waals surface area contributed by atoms with E-state index in [2.05, 4.69) is 5.32 Å². The number of hydrogen-bond acceptors (Lipinski definition) is 3. The van der Waals surface area contributed by atoms with Crippen LogP contribution in [0.5, 0.6) is 5.75 Å². The number of nitrogens with one attached hydrogen (secondary N) is 1. The van der Waals surface area contributed by atoms with Crippen molar-refractivity contribution in [2.45, 2.75) is 13.3 Å². The number of methoxy groups -OCH3 is 1. The van der Waals surface area contributed by atoms with E-state index in [4.69, 9.17) is 16.3 Å². The van der Waals surface area contributed by atoms with Crippen LogP contribution in [0.3, 0.4) is 0 Å². The molecule has 1 N–H and O–H groups in total. The van der Waals surface area contributed by atoms with Crippen molar-refractivity contribution in [3.8, 4) is 5.75 Å². The maximum absolute atomic E-state index is 11.0. The molecule has 0 aliphatic heterocycles. The van der Waals surface area contributed by atoms with E-state index in [-0.39, 0.29) is 5.78 Å². The second-order valence-electron chi connectivity index (χ2n) is 3.29. The highest BCUT2D eigenvalue weighted by molar-refractivity contribution is 6.34. The number of hydrogen-bond donors (Lipinski definition) is 1. The first-order chi connectivity index (χ1) is 7.08. The number of carbonyl (C=O) groups excluding carboxylic acids is 1. The SMILES string of the molecule is CNc1cc(CC(C)=O)cc(OC)c1Cl. The van der Waals surface area contributed by atoms with Crippen molar-refractivity contribution in [3.63, 3.8) is 0 Å². The Hall–Kier alpha value is -1.22. The van der Waals surface area contributed by atoms with Crippen LogP contribution >= 0.6 is 11.6 Å². The zero-order chi connectivity index (χ0) is 11.4. The summed E-state index contributed by atoms with van der Waals surface area (Å²) < 4.78 is 5.13. The summed E-state index contributed by atoms with van der Waals surface area (Å²) in [5.41, 5.74) is 1.67. The Labute approximate surface area is 94.4 Å². The lowest BCUT2D eigenvalue weighted by Crippen LogP contribution is -2.00. The van der Waals surface area contributed by atoms with Crippen molar-refractivity contribution in [2.75, 3.05) is 19.5 Å². The van der Waals surface area contributed by atoms with Crippen molar-refractivity contribution in [1.29, 1.82) is 0 Å². The van der Waals surface area contributed by atoms with Gasteiger partial charge in [0.05, 0.1) is 12.8 Å². The summed E-state index contributed by atoms with van der Waals surface area (Å²) in [6.45, 7) is 1.56. The minimum atomic E-state index is 0.112. The number of halogens is 1. The fourth-order valence-corrected chi connectivity index (χ4v) is 1.66. The van der Waals surface area contributed by atoms with Gasteiger partial charge in [0.1, 0.15) is 16.6 Å². The average Bonchev–Trinajstić information content (AvgIpc) is 2.19. The molecule has 0 aliphatic rings. The largest absolute Gasteiger partial charge is 0.495 e. The standard InChI is InChI=1S/C11H14ClNO2/c1-7(14)4-8-5-9(13-2)11(12)10(6-8)15-3/h5-6,13H,4H2,1-3H3. The molecule has 0 aliphatic carbocycles. The van der Waals surface area contributed by atoms with Crippen LogP contribution < -0.4 is 10.1 Å². The molecule has 0 saturated heterocycles. The third kappa shape index (κ3) is 2.86. The number of carbonyl (C=O) groups is 1. The van der Waals surface area contributed by atoms with Gasteiger partial charge in [-0.15, -0.1) is 0 Å². The molecule has 0 saturated carbocycles. The van der Waals surface area contributed by atoms with Gasteiger partial charge < -0.3 is 10.1 Å². The molecule has 0 atom stereocenters. The molecule has 3 nitrogen and oxygen atoms in total. The fraction of sp³-hybridized carbons (Fsp3) is 0.364. The highest BCUT2D eigenvalue weighted by atomic mass is 35.5. The lowest BCUT2D eigenvalue weighted by Gasteiger charge is -2.11. The minimum Gasteiger partial charge on any atom is -0.495 e. The van der Waals surface area contributed by atoms with E-state index < -0.39 is 0 Å². The molecule has 1 rings (SSSR count). The summed E-state index contributed by atoms with van der Waals surface area (Å²) >= 11 is 6.05. The van der Waals surface area contributed by atoms with Crippen LogP contribution in [0.1, 0.15) is 12.5 Å². The normalized spacial score (nSPS) is 9.87.